The maximum Gasteiger partial charge on any atom is 0.128 e. The number of hydrogen-bond acceptors (Lipinski definition) is 2. The van der Waals surface area contributed by atoms with Gasteiger partial charge in [-0.15, -0.1) is 0 Å². The lowest BCUT2D eigenvalue weighted by molar-refractivity contribution is 0.628. The Balaban J connectivity index is 4.16. The Bertz CT molecular complexity index is 149. The van der Waals surface area contributed by atoms with Gasteiger partial charge in [-0.3, -0.25) is 0 Å². The van der Waals surface area contributed by atoms with Crippen molar-refractivity contribution in [2.75, 3.05) is 0 Å². The van der Waals surface area contributed by atoms with E-state index in [9.17, 15) is 0 Å². The second-order valence-electron chi connectivity index (χ2n) is 5.82. The third-order valence-corrected chi connectivity index (χ3v) is 5.49. The van der Waals surface area contributed by atoms with Gasteiger partial charge in [0.1, 0.15) is 25.3 Å². The summed E-state index contributed by atoms with van der Waals surface area (Å²) in [6.45, 7) is 14.0. The standard InChI is InChI=1S/C8H25ClN2Si3/c1-13(2,3)10-8(7-12-9)11-14(4,5)6/h8,10-11H,7,12H2,1-6H3. The SMILES string of the molecule is C[Si](C)(C)NC(C[SiH2]Cl)N[Si](C)(C)C. The highest BCUT2D eigenvalue weighted by atomic mass is 35.6. The van der Waals surface area contributed by atoms with Crippen LogP contribution in [0.1, 0.15) is 0 Å². The summed E-state index contributed by atoms with van der Waals surface area (Å²) in [5, 5.41) is 0. The fraction of sp³-hybridized carbons (Fsp3) is 1.00. The van der Waals surface area contributed by atoms with Gasteiger partial charge in [-0.1, -0.05) is 39.3 Å². The smallest absolute Gasteiger partial charge is 0.128 e. The molecule has 0 fully saturated rings. The van der Waals surface area contributed by atoms with Gasteiger partial charge in [-0.2, -0.15) is 11.1 Å². The van der Waals surface area contributed by atoms with Gasteiger partial charge in [-0.05, 0) is 6.04 Å². The first-order valence-electron chi connectivity index (χ1n) is 5.25. The van der Waals surface area contributed by atoms with Gasteiger partial charge in [0.2, 0.25) is 0 Å². The first-order valence-corrected chi connectivity index (χ1v) is 15.4. The molecular weight excluding hydrogens is 244 g/mol. The zero-order valence-electron chi connectivity index (χ0n) is 10.4. The normalized spacial score (nSPS) is 14.6. The van der Waals surface area contributed by atoms with E-state index < -0.39 is 16.5 Å². The van der Waals surface area contributed by atoms with Crippen molar-refractivity contribution < 1.29 is 0 Å². The van der Waals surface area contributed by atoms with Gasteiger partial charge >= 0.3 is 0 Å². The Hall–Kier alpha value is 0.861. The van der Waals surface area contributed by atoms with Crippen molar-refractivity contribution in [3.63, 3.8) is 0 Å². The predicted molar refractivity (Wildman–Crippen MR) is 76.0 cm³/mol. The molecule has 86 valence electrons. The Morgan fingerprint density at radius 3 is 1.57 bits per heavy atom. The first-order chi connectivity index (χ1) is 6.14. The molecule has 0 spiro atoms. The average Bonchev–Trinajstić information content (AvgIpc) is 1.78. The summed E-state index contributed by atoms with van der Waals surface area (Å²) < 4.78 is 0. The Kier molecular flexibility index (Phi) is 6.17. The molecule has 0 unspecified atom stereocenters. The van der Waals surface area contributed by atoms with E-state index in [0.717, 1.165) is 6.04 Å². The van der Waals surface area contributed by atoms with Crippen molar-refractivity contribution >= 4 is 36.4 Å². The minimum absolute atomic E-state index is 0.380. The van der Waals surface area contributed by atoms with Crippen molar-refractivity contribution in [2.24, 2.45) is 0 Å². The topological polar surface area (TPSA) is 24.1 Å². The molecule has 0 radical (unpaired) electrons. The molecule has 0 atom stereocenters. The van der Waals surface area contributed by atoms with E-state index >= 15 is 0 Å². The molecule has 14 heavy (non-hydrogen) atoms. The van der Waals surface area contributed by atoms with Crippen LogP contribution in [-0.4, -0.2) is 31.5 Å². The van der Waals surface area contributed by atoms with Crippen LogP contribution in [-0.2, 0) is 0 Å². The second-order valence-corrected chi connectivity index (χ2v) is 17.5. The lowest BCUT2D eigenvalue weighted by Crippen LogP contribution is -2.60. The van der Waals surface area contributed by atoms with E-state index in [2.05, 4.69) is 49.2 Å². The van der Waals surface area contributed by atoms with Crippen molar-refractivity contribution in [3.8, 4) is 0 Å². The predicted octanol–water partition coefficient (Wildman–Crippen LogP) is 1.90. The molecule has 0 heterocycles. The number of halogens is 1. The molecular formula is C8H25ClN2Si3. The van der Waals surface area contributed by atoms with Crippen LogP contribution in [0.2, 0.25) is 45.3 Å². The fourth-order valence-electron chi connectivity index (χ4n) is 1.33. The highest BCUT2D eigenvalue weighted by Crippen LogP contribution is 2.04. The molecule has 0 aliphatic heterocycles. The van der Waals surface area contributed by atoms with Crippen LogP contribution in [0, 0.1) is 0 Å². The van der Waals surface area contributed by atoms with E-state index in [1.165, 1.54) is 0 Å². The van der Waals surface area contributed by atoms with Crippen molar-refractivity contribution in [3.05, 3.63) is 0 Å². The molecule has 0 aromatic heterocycles. The largest absolute Gasteiger partial charge is 0.324 e. The summed E-state index contributed by atoms with van der Waals surface area (Å²) in [7, 11) is -2.75. The van der Waals surface area contributed by atoms with E-state index in [-0.39, 0.29) is 8.83 Å². The summed E-state index contributed by atoms with van der Waals surface area (Å²) in [6.07, 6.45) is 0.470. The van der Waals surface area contributed by atoms with Crippen LogP contribution in [0.15, 0.2) is 0 Å². The summed E-state index contributed by atoms with van der Waals surface area (Å²) in [6, 6.07) is 1.15. The van der Waals surface area contributed by atoms with Crippen LogP contribution in [0.4, 0.5) is 0 Å². The van der Waals surface area contributed by atoms with Crippen molar-refractivity contribution in [2.45, 2.75) is 51.5 Å². The third-order valence-electron chi connectivity index (χ3n) is 1.61. The summed E-state index contributed by atoms with van der Waals surface area (Å²) in [5.41, 5.74) is 0. The number of hydrogen-bond donors (Lipinski definition) is 2. The molecule has 0 aromatic carbocycles. The fourth-order valence-corrected chi connectivity index (χ4v) is 5.74. The molecule has 0 aromatic rings. The number of nitrogens with one attached hydrogen (secondary N) is 2. The minimum Gasteiger partial charge on any atom is -0.324 e. The van der Waals surface area contributed by atoms with Gasteiger partial charge in [0.25, 0.3) is 0 Å². The Morgan fingerprint density at radius 2 is 1.36 bits per heavy atom. The Labute approximate surface area is 97.9 Å². The summed E-state index contributed by atoms with van der Waals surface area (Å²) in [4.78, 5) is 7.45. The highest BCUT2D eigenvalue weighted by molar-refractivity contribution is 6.93. The van der Waals surface area contributed by atoms with Crippen LogP contribution in [0.5, 0.6) is 0 Å². The number of rotatable bonds is 6. The highest BCUT2D eigenvalue weighted by Gasteiger charge is 2.23. The van der Waals surface area contributed by atoms with E-state index in [4.69, 9.17) is 11.1 Å². The van der Waals surface area contributed by atoms with Crippen molar-refractivity contribution in [1.29, 1.82) is 0 Å². The molecule has 2 N–H and O–H groups in total. The van der Waals surface area contributed by atoms with E-state index in [1.54, 1.807) is 0 Å². The quantitative estimate of drug-likeness (QED) is 0.437. The zero-order valence-corrected chi connectivity index (χ0v) is 14.5. The molecule has 6 heteroatoms. The summed E-state index contributed by atoms with van der Waals surface area (Å²) in [5.74, 6) is 0. The van der Waals surface area contributed by atoms with Gasteiger partial charge in [0.05, 0.1) is 0 Å². The molecule has 0 saturated carbocycles. The Morgan fingerprint density at radius 1 is 1.00 bits per heavy atom. The lowest BCUT2D eigenvalue weighted by atomic mass is 10.6. The molecule has 0 bridgehead atoms. The van der Waals surface area contributed by atoms with Crippen LogP contribution < -0.4 is 9.96 Å². The van der Waals surface area contributed by atoms with Gasteiger partial charge in [0.15, 0.2) is 0 Å². The van der Waals surface area contributed by atoms with Gasteiger partial charge in [-0.25, -0.2) is 0 Å². The first kappa shape index (κ1) is 14.9. The third kappa shape index (κ3) is 9.42. The molecule has 0 amide bonds. The average molecular weight is 269 g/mol. The van der Waals surface area contributed by atoms with Gasteiger partial charge in [0, 0.05) is 6.17 Å². The molecule has 0 saturated heterocycles. The lowest BCUT2D eigenvalue weighted by Gasteiger charge is -2.32. The van der Waals surface area contributed by atoms with Crippen LogP contribution in [0.3, 0.4) is 0 Å². The molecule has 0 aliphatic carbocycles. The molecule has 0 rings (SSSR count). The maximum absolute atomic E-state index is 5.94. The van der Waals surface area contributed by atoms with E-state index in [0.29, 0.717) is 6.17 Å². The maximum atomic E-state index is 5.94. The summed E-state index contributed by atoms with van der Waals surface area (Å²) >= 11 is 5.94. The molecule has 2 nitrogen and oxygen atoms in total. The second kappa shape index (κ2) is 5.81. The molecule has 0 aliphatic rings. The van der Waals surface area contributed by atoms with Crippen LogP contribution in [0.25, 0.3) is 0 Å². The van der Waals surface area contributed by atoms with Crippen LogP contribution >= 0.6 is 11.1 Å². The zero-order chi connectivity index (χ0) is 11.4. The van der Waals surface area contributed by atoms with E-state index in [1.807, 2.05) is 0 Å². The minimum atomic E-state index is -1.18. The van der Waals surface area contributed by atoms with Gasteiger partial charge < -0.3 is 9.96 Å². The van der Waals surface area contributed by atoms with Crippen molar-refractivity contribution in [1.82, 2.24) is 9.96 Å². The monoisotopic (exact) mass is 268 g/mol.